The molecule has 1 aliphatic rings. The van der Waals surface area contributed by atoms with E-state index in [0.29, 0.717) is 17.7 Å². The van der Waals surface area contributed by atoms with E-state index in [1.165, 1.54) is 6.42 Å². The molecule has 0 bridgehead atoms. The first-order valence-corrected chi connectivity index (χ1v) is 6.69. The normalized spacial score (nSPS) is 17.3. The van der Waals surface area contributed by atoms with Crippen LogP contribution < -0.4 is 10.1 Å². The third-order valence-electron chi connectivity index (χ3n) is 3.04. The Kier molecular flexibility index (Phi) is 3.91. The standard InChI is InChI=1S/C16H15N3O/c1-3-14(18-10-1)7-5-13-6-8-16(19-11-13)20-15-4-2-9-17-12-15/h2,4,6,8-9,11-12,14,18H,1,3,10H2/t14-/m0/s1. The Labute approximate surface area is 118 Å². The first-order valence-electron chi connectivity index (χ1n) is 6.69. The van der Waals surface area contributed by atoms with E-state index in [4.69, 9.17) is 4.74 Å². The van der Waals surface area contributed by atoms with Crippen LogP contribution in [-0.4, -0.2) is 22.6 Å². The fraction of sp³-hybridized carbons (Fsp3) is 0.250. The molecule has 0 amide bonds. The van der Waals surface area contributed by atoms with Crippen LogP contribution in [0.2, 0.25) is 0 Å². The van der Waals surface area contributed by atoms with Gasteiger partial charge in [-0.25, -0.2) is 4.98 Å². The highest BCUT2D eigenvalue weighted by atomic mass is 16.5. The van der Waals surface area contributed by atoms with E-state index in [1.807, 2.05) is 24.3 Å². The topological polar surface area (TPSA) is 47.0 Å². The number of hydrogen-bond acceptors (Lipinski definition) is 4. The fourth-order valence-corrected chi connectivity index (χ4v) is 2.02. The van der Waals surface area contributed by atoms with Gasteiger partial charge in [0, 0.05) is 24.0 Å². The molecule has 2 aromatic rings. The second kappa shape index (κ2) is 6.18. The van der Waals surface area contributed by atoms with E-state index in [9.17, 15) is 0 Å². The zero-order chi connectivity index (χ0) is 13.6. The maximum absolute atomic E-state index is 5.58. The lowest BCUT2D eigenvalue weighted by Crippen LogP contribution is -2.18. The average Bonchev–Trinajstić information content (AvgIpc) is 3.01. The third kappa shape index (κ3) is 3.34. The maximum atomic E-state index is 5.58. The Bertz CT molecular complexity index is 608. The van der Waals surface area contributed by atoms with Gasteiger partial charge in [-0.1, -0.05) is 11.8 Å². The van der Waals surface area contributed by atoms with Crippen LogP contribution >= 0.6 is 0 Å². The summed E-state index contributed by atoms with van der Waals surface area (Å²) in [5, 5.41) is 3.35. The van der Waals surface area contributed by atoms with Gasteiger partial charge in [-0.3, -0.25) is 4.98 Å². The van der Waals surface area contributed by atoms with Crippen LogP contribution in [0.25, 0.3) is 0 Å². The van der Waals surface area contributed by atoms with E-state index in [-0.39, 0.29) is 0 Å². The summed E-state index contributed by atoms with van der Waals surface area (Å²) in [5.41, 5.74) is 0.900. The summed E-state index contributed by atoms with van der Waals surface area (Å²) in [6, 6.07) is 7.72. The number of hydrogen-bond donors (Lipinski definition) is 1. The molecule has 0 unspecified atom stereocenters. The van der Waals surface area contributed by atoms with Crippen molar-refractivity contribution in [3.05, 3.63) is 48.4 Å². The predicted molar refractivity (Wildman–Crippen MR) is 76.5 cm³/mol. The molecule has 0 aromatic carbocycles. The Morgan fingerprint density at radius 2 is 2.25 bits per heavy atom. The smallest absolute Gasteiger partial charge is 0.219 e. The maximum Gasteiger partial charge on any atom is 0.219 e. The van der Waals surface area contributed by atoms with Crippen LogP contribution in [0.15, 0.2) is 42.9 Å². The summed E-state index contributed by atoms with van der Waals surface area (Å²) in [7, 11) is 0. The molecule has 3 rings (SSSR count). The van der Waals surface area contributed by atoms with Crippen molar-refractivity contribution >= 4 is 0 Å². The fourth-order valence-electron chi connectivity index (χ4n) is 2.02. The first-order chi connectivity index (χ1) is 9.90. The van der Waals surface area contributed by atoms with Crippen molar-refractivity contribution in [2.24, 2.45) is 0 Å². The van der Waals surface area contributed by atoms with E-state index >= 15 is 0 Å². The minimum atomic E-state index is 0.321. The van der Waals surface area contributed by atoms with Gasteiger partial charge >= 0.3 is 0 Å². The second-order valence-corrected chi connectivity index (χ2v) is 4.59. The molecule has 20 heavy (non-hydrogen) atoms. The Hall–Kier alpha value is -2.38. The van der Waals surface area contributed by atoms with Crippen LogP contribution in [0, 0.1) is 11.8 Å². The van der Waals surface area contributed by atoms with Crippen molar-refractivity contribution in [3.8, 4) is 23.5 Å². The first kappa shape index (κ1) is 12.6. The summed E-state index contributed by atoms with van der Waals surface area (Å²) in [5.74, 6) is 7.57. The van der Waals surface area contributed by atoms with Crippen LogP contribution in [0.4, 0.5) is 0 Å². The van der Waals surface area contributed by atoms with Crippen LogP contribution in [0.5, 0.6) is 11.6 Å². The monoisotopic (exact) mass is 265 g/mol. The molecule has 0 saturated carbocycles. The minimum absolute atomic E-state index is 0.321. The predicted octanol–water partition coefficient (Wildman–Crippen LogP) is 2.37. The molecule has 4 heteroatoms. The van der Waals surface area contributed by atoms with Crippen molar-refractivity contribution in [1.82, 2.24) is 15.3 Å². The van der Waals surface area contributed by atoms with Crippen molar-refractivity contribution < 1.29 is 4.74 Å². The Morgan fingerprint density at radius 1 is 1.25 bits per heavy atom. The molecule has 0 aliphatic carbocycles. The van der Waals surface area contributed by atoms with E-state index in [0.717, 1.165) is 18.5 Å². The van der Waals surface area contributed by atoms with Gasteiger partial charge in [0.15, 0.2) is 0 Å². The zero-order valence-corrected chi connectivity index (χ0v) is 11.0. The molecule has 100 valence electrons. The Balaban J connectivity index is 1.65. The highest BCUT2D eigenvalue weighted by molar-refractivity contribution is 5.36. The van der Waals surface area contributed by atoms with Gasteiger partial charge in [0.2, 0.25) is 5.88 Å². The summed E-state index contributed by atoms with van der Waals surface area (Å²) in [6.45, 7) is 1.06. The number of ether oxygens (including phenoxy) is 1. The minimum Gasteiger partial charge on any atom is -0.437 e. The second-order valence-electron chi connectivity index (χ2n) is 4.59. The summed E-state index contributed by atoms with van der Waals surface area (Å²) in [6.07, 6.45) is 7.42. The number of nitrogens with one attached hydrogen (secondary N) is 1. The van der Waals surface area contributed by atoms with Gasteiger partial charge in [-0.05, 0) is 37.6 Å². The molecule has 0 spiro atoms. The number of nitrogens with zero attached hydrogens (tertiary/aromatic N) is 2. The molecule has 1 saturated heterocycles. The molecule has 4 nitrogen and oxygen atoms in total. The molecule has 1 N–H and O–H groups in total. The van der Waals surface area contributed by atoms with Gasteiger partial charge in [-0.2, -0.15) is 0 Å². The van der Waals surface area contributed by atoms with Gasteiger partial charge < -0.3 is 10.1 Å². The highest BCUT2D eigenvalue weighted by Gasteiger charge is 2.09. The molecule has 2 aromatic heterocycles. The SMILES string of the molecule is C(#C[C@@H]1CCCN1)c1ccc(Oc2cccnc2)nc1. The van der Waals surface area contributed by atoms with Crippen molar-refractivity contribution in [2.45, 2.75) is 18.9 Å². The largest absolute Gasteiger partial charge is 0.437 e. The molecule has 1 aliphatic heterocycles. The van der Waals surface area contributed by atoms with Crippen LogP contribution in [-0.2, 0) is 0 Å². The van der Waals surface area contributed by atoms with E-state index in [2.05, 4.69) is 27.1 Å². The van der Waals surface area contributed by atoms with Crippen molar-refractivity contribution in [3.63, 3.8) is 0 Å². The van der Waals surface area contributed by atoms with Gasteiger partial charge in [0.25, 0.3) is 0 Å². The van der Waals surface area contributed by atoms with Gasteiger partial charge in [-0.15, -0.1) is 0 Å². The third-order valence-corrected chi connectivity index (χ3v) is 3.04. The zero-order valence-electron chi connectivity index (χ0n) is 11.0. The van der Waals surface area contributed by atoms with Crippen molar-refractivity contribution in [1.29, 1.82) is 0 Å². The quantitative estimate of drug-likeness (QED) is 0.847. The van der Waals surface area contributed by atoms with Gasteiger partial charge in [0.05, 0.1) is 12.2 Å². The van der Waals surface area contributed by atoms with Crippen LogP contribution in [0.1, 0.15) is 18.4 Å². The number of rotatable bonds is 2. The lowest BCUT2D eigenvalue weighted by Gasteiger charge is -2.03. The van der Waals surface area contributed by atoms with E-state index in [1.54, 1.807) is 18.6 Å². The summed E-state index contributed by atoms with van der Waals surface area (Å²) >= 11 is 0. The summed E-state index contributed by atoms with van der Waals surface area (Å²) in [4.78, 5) is 8.24. The molecule has 3 heterocycles. The average molecular weight is 265 g/mol. The van der Waals surface area contributed by atoms with Gasteiger partial charge in [0.1, 0.15) is 5.75 Å². The Morgan fingerprint density at radius 3 is 2.95 bits per heavy atom. The lowest BCUT2D eigenvalue weighted by atomic mass is 10.2. The van der Waals surface area contributed by atoms with Crippen LogP contribution in [0.3, 0.4) is 0 Å². The van der Waals surface area contributed by atoms with Crippen molar-refractivity contribution in [2.75, 3.05) is 6.54 Å². The lowest BCUT2D eigenvalue weighted by molar-refractivity contribution is 0.460. The molecule has 1 atom stereocenters. The number of aromatic nitrogens is 2. The molecular weight excluding hydrogens is 250 g/mol. The molecular formula is C16H15N3O. The highest BCUT2D eigenvalue weighted by Crippen LogP contribution is 2.17. The molecule has 1 fully saturated rings. The number of pyridine rings is 2. The van der Waals surface area contributed by atoms with E-state index < -0.39 is 0 Å². The summed E-state index contributed by atoms with van der Waals surface area (Å²) < 4.78 is 5.58. The molecule has 0 radical (unpaired) electrons.